The average molecular weight is 200 g/mol. The van der Waals surface area contributed by atoms with Gasteiger partial charge in [0.15, 0.2) is 0 Å². The summed E-state index contributed by atoms with van der Waals surface area (Å²) in [4.78, 5) is 11.3. The van der Waals surface area contributed by atoms with E-state index in [1.54, 1.807) is 6.92 Å². The molecule has 0 amide bonds. The summed E-state index contributed by atoms with van der Waals surface area (Å²) in [5, 5.41) is 10.2. The second kappa shape index (κ2) is 4.78. The van der Waals surface area contributed by atoms with Crippen molar-refractivity contribution in [1.29, 1.82) is 0 Å². The molecular weight excluding hydrogens is 180 g/mol. The average Bonchev–Trinajstić information content (AvgIpc) is 2.10. The SMILES string of the molecule is CCOC(=O)CC1(O)CCCCC1C. The molecule has 2 unspecified atom stereocenters. The zero-order valence-electron chi connectivity index (χ0n) is 9.08. The highest BCUT2D eigenvalue weighted by Gasteiger charge is 2.38. The molecule has 1 N–H and O–H groups in total. The smallest absolute Gasteiger partial charge is 0.308 e. The predicted molar refractivity (Wildman–Crippen MR) is 53.8 cm³/mol. The van der Waals surface area contributed by atoms with Crippen LogP contribution in [0.2, 0.25) is 0 Å². The van der Waals surface area contributed by atoms with Crippen LogP contribution in [0.25, 0.3) is 0 Å². The molecule has 0 aromatic carbocycles. The number of carbonyl (C=O) groups is 1. The molecule has 1 saturated carbocycles. The van der Waals surface area contributed by atoms with Crippen LogP contribution in [0.5, 0.6) is 0 Å². The Morgan fingerprint density at radius 3 is 2.86 bits per heavy atom. The Hall–Kier alpha value is -0.570. The first kappa shape index (κ1) is 11.5. The summed E-state index contributed by atoms with van der Waals surface area (Å²) in [7, 11) is 0. The van der Waals surface area contributed by atoms with Crippen LogP contribution in [0, 0.1) is 5.92 Å². The molecule has 0 spiro atoms. The quantitative estimate of drug-likeness (QED) is 0.707. The molecule has 0 saturated heterocycles. The number of esters is 1. The van der Waals surface area contributed by atoms with Crippen molar-refractivity contribution < 1.29 is 14.6 Å². The van der Waals surface area contributed by atoms with Gasteiger partial charge in [-0.25, -0.2) is 0 Å². The third kappa shape index (κ3) is 2.71. The van der Waals surface area contributed by atoms with Gasteiger partial charge in [0.25, 0.3) is 0 Å². The summed E-state index contributed by atoms with van der Waals surface area (Å²) >= 11 is 0. The van der Waals surface area contributed by atoms with E-state index >= 15 is 0 Å². The monoisotopic (exact) mass is 200 g/mol. The standard InChI is InChI=1S/C11H20O3/c1-3-14-10(12)8-11(13)7-5-4-6-9(11)2/h9,13H,3-8H2,1-2H3. The Morgan fingerprint density at radius 1 is 1.57 bits per heavy atom. The first-order valence-corrected chi connectivity index (χ1v) is 5.46. The minimum atomic E-state index is -0.815. The zero-order chi connectivity index (χ0) is 10.6. The topological polar surface area (TPSA) is 46.5 Å². The molecule has 0 aliphatic heterocycles. The maximum absolute atomic E-state index is 11.3. The molecule has 1 rings (SSSR count). The maximum Gasteiger partial charge on any atom is 0.308 e. The predicted octanol–water partition coefficient (Wildman–Crippen LogP) is 1.88. The minimum Gasteiger partial charge on any atom is -0.466 e. The molecule has 1 aliphatic carbocycles. The van der Waals surface area contributed by atoms with Crippen LogP contribution >= 0.6 is 0 Å². The van der Waals surface area contributed by atoms with Crippen LogP contribution in [-0.4, -0.2) is 23.3 Å². The summed E-state index contributed by atoms with van der Waals surface area (Å²) in [5.74, 6) is -0.0654. The van der Waals surface area contributed by atoms with Crippen LogP contribution in [0.1, 0.15) is 46.0 Å². The van der Waals surface area contributed by atoms with Crippen molar-refractivity contribution in [3.8, 4) is 0 Å². The Labute approximate surface area is 85.5 Å². The second-order valence-corrected chi connectivity index (χ2v) is 4.23. The van der Waals surface area contributed by atoms with Gasteiger partial charge in [-0.1, -0.05) is 19.8 Å². The third-order valence-corrected chi connectivity index (χ3v) is 3.17. The van der Waals surface area contributed by atoms with E-state index in [1.165, 1.54) is 0 Å². The molecule has 0 bridgehead atoms. The van der Waals surface area contributed by atoms with Crippen LogP contribution in [0.3, 0.4) is 0 Å². The fourth-order valence-corrected chi connectivity index (χ4v) is 2.12. The Bertz CT molecular complexity index is 203. The number of aliphatic hydroxyl groups is 1. The lowest BCUT2D eigenvalue weighted by atomic mass is 9.74. The molecule has 3 nitrogen and oxygen atoms in total. The molecule has 3 heteroatoms. The Kier molecular flexibility index (Phi) is 3.93. The van der Waals surface area contributed by atoms with Crippen molar-refractivity contribution in [3.05, 3.63) is 0 Å². The van der Waals surface area contributed by atoms with Gasteiger partial charge >= 0.3 is 5.97 Å². The van der Waals surface area contributed by atoms with Gasteiger partial charge in [0.2, 0.25) is 0 Å². The van der Waals surface area contributed by atoms with Gasteiger partial charge in [-0.2, -0.15) is 0 Å². The van der Waals surface area contributed by atoms with Crippen LogP contribution < -0.4 is 0 Å². The fourth-order valence-electron chi connectivity index (χ4n) is 2.12. The van der Waals surface area contributed by atoms with E-state index in [0.29, 0.717) is 6.61 Å². The first-order chi connectivity index (χ1) is 6.58. The minimum absolute atomic E-state index is 0.155. The Morgan fingerprint density at radius 2 is 2.29 bits per heavy atom. The second-order valence-electron chi connectivity index (χ2n) is 4.23. The van der Waals surface area contributed by atoms with Crippen LogP contribution in [0.15, 0.2) is 0 Å². The summed E-state index contributed by atoms with van der Waals surface area (Å²) < 4.78 is 4.86. The van der Waals surface area contributed by atoms with Gasteiger partial charge in [-0.05, 0) is 25.7 Å². The third-order valence-electron chi connectivity index (χ3n) is 3.17. The highest BCUT2D eigenvalue weighted by molar-refractivity contribution is 5.70. The summed E-state index contributed by atoms with van der Waals surface area (Å²) in [6.07, 6.45) is 4.07. The molecule has 14 heavy (non-hydrogen) atoms. The molecular formula is C11H20O3. The van der Waals surface area contributed by atoms with Crippen LogP contribution in [-0.2, 0) is 9.53 Å². The van der Waals surface area contributed by atoms with Crippen molar-refractivity contribution in [2.45, 2.75) is 51.6 Å². The van der Waals surface area contributed by atoms with Gasteiger partial charge in [0.1, 0.15) is 0 Å². The molecule has 0 aromatic heterocycles. The van der Waals surface area contributed by atoms with Gasteiger partial charge in [0.05, 0.1) is 18.6 Å². The number of ether oxygens (including phenoxy) is 1. The number of carbonyl (C=O) groups excluding carboxylic acids is 1. The van der Waals surface area contributed by atoms with E-state index < -0.39 is 5.60 Å². The number of hydrogen-bond donors (Lipinski definition) is 1. The molecule has 1 fully saturated rings. The molecule has 0 heterocycles. The maximum atomic E-state index is 11.3. The van der Waals surface area contributed by atoms with Crippen molar-refractivity contribution in [3.63, 3.8) is 0 Å². The molecule has 82 valence electrons. The highest BCUT2D eigenvalue weighted by atomic mass is 16.5. The highest BCUT2D eigenvalue weighted by Crippen LogP contribution is 2.36. The van der Waals surface area contributed by atoms with E-state index in [-0.39, 0.29) is 18.3 Å². The van der Waals surface area contributed by atoms with Gasteiger partial charge in [-0.3, -0.25) is 4.79 Å². The first-order valence-electron chi connectivity index (χ1n) is 5.46. The van der Waals surface area contributed by atoms with Gasteiger partial charge in [-0.15, -0.1) is 0 Å². The van der Waals surface area contributed by atoms with E-state index in [9.17, 15) is 9.90 Å². The summed E-state index contributed by atoms with van der Waals surface area (Å²) in [6, 6.07) is 0. The van der Waals surface area contributed by atoms with Crippen LogP contribution in [0.4, 0.5) is 0 Å². The van der Waals surface area contributed by atoms with Crippen molar-refractivity contribution >= 4 is 5.97 Å². The molecule has 0 aromatic rings. The molecule has 0 radical (unpaired) electrons. The number of rotatable bonds is 3. The lowest BCUT2D eigenvalue weighted by molar-refractivity contribution is -0.152. The largest absolute Gasteiger partial charge is 0.466 e. The molecule has 2 atom stereocenters. The van der Waals surface area contributed by atoms with E-state index in [0.717, 1.165) is 25.7 Å². The summed E-state index contributed by atoms with van der Waals surface area (Å²) in [5.41, 5.74) is -0.815. The Balaban J connectivity index is 2.50. The fraction of sp³-hybridized carbons (Fsp3) is 0.909. The van der Waals surface area contributed by atoms with Crippen molar-refractivity contribution in [2.75, 3.05) is 6.61 Å². The van der Waals surface area contributed by atoms with E-state index in [2.05, 4.69) is 0 Å². The normalized spacial score (nSPS) is 32.6. The van der Waals surface area contributed by atoms with Crippen molar-refractivity contribution in [1.82, 2.24) is 0 Å². The summed E-state index contributed by atoms with van der Waals surface area (Å²) in [6.45, 7) is 4.19. The van der Waals surface area contributed by atoms with E-state index in [4.69, 9.17) is 4.74 Å². The van der Waals surface area contributed by atoms with Gasteiger partial charge < -0.3 is 9.84 Å². The van der Waals surface area contributed by atoms with E-state index in [1.807, 2.05) is 6.92 Å². The lowest BCUT2D eigenvalue weighted by Gasteiger charge is -2.37. The number of hydrogen-bond acceptors (Lipinski definition) is 3. The van der Waals surface area contributed by atoms with Crippen molar-refractivity contribution in [2.24, 2.45) is 5.92 Å². The molecule has 1 aliphatic rings. The zero-order valence-corrected chi connectivity index (χ0v) is 9.08. The van der Waals surface area contributed by atoms with Gasteiger partial charge in [0, 0.05) is 0 Å². The lowest BCUT2D eigenvalue weighted by Crippen LogP contribution is -2.41.